The molecule has 0 radical (unpaired) electrons. The normalized spacial score (nSPS) is 14.9. The van der Waals surface area contributed by atoms with E-state index in [2.05, 4.69) is 15.6 Å². The lowest BCUT2D eigenvalue weighted by molar-refractivity contribution is -0.142. The van der Waals surface area contributed by atoms with Crippen LogP contribution >= 0.6 is 11.3 Å². The minimum atomic E-state index is -0.895. The average molecular weight is 297 g/mol. The van der Waals surface area contributed by atoms with Gasteiger partial charge in [-0.1, -0.05) is 13.8 Å². The molecule has 0 saturated heterocycles. The number of aliphatic carboxylic acids is 1. The van der Waals surface area contributed by atoms with Gasteiger partial charge in [0.2, 0.25) is 0 Å². The Labute approximate surface area is 121 Å². The summed E-state index contributed by atoms with van der Waals surface area (Å²) in [7, 11) is 0. The summed E-state index contributed by atoms with van der Waals surface area (Å²) in [4.78, 5) is 28.4. The van der Waals surface area contributed by atoms with E-state index in [0.717, 1.165) is 25.0 Å². The Kier molecular flexibility index (Phi) is 4.59. The molecule has 1 atom stereocenters. The van der Waals surface area contributed by atoms with Crippen LogP contribution in [0.3, 0.4) is 0 Å². The SMILES string of the molecule is CC(C)C(CNC(=O)Nc1nc2c(s1)CCC2)C(=O)O. The number of aromatic nitrogens is 1. The maximum atomic E-state index is 11.7. The van der Waals surface area contributed by atoms with Gasteiger partial charge in [-0.3, -0.25) is 10.1 Å². The van der Waals surface area contributed by atoms with E-state index in [-0.39, 0.29) is 12.5 Å². The van der Waals surface area contributed by atoms with E-state index in [9.17, 15) is 9.59 Å². The molecule has 0 saturated carbocycles. The van der Waals surface area contributed by atoms with Gasteiger partial charge in [0.25, 0.3) is 0 Å². The van der Waals surface area contributed by atoms with Crippen LogP contribution in [-0.2, 0) is 17.6 Å². The van der Waals surface area contributed by atoms with Crippen molar-refractivity contribution in [3.8, 4) is 0 Å². The maximum Gasteiger partial charge on any atom is 0.321 e. The summed E-state index contributed by atoms with van der Waals surface area (Å²) in [5, 5.41) is 14.9. The van der Waals surface area contributed by atoms with E-state index in [4.69, 9.17) is 5.11 Å². The number of rotatable bonds is 5. The van der Waals surface area contributed by atoms with Crippen molar-refractivity contribution >= 4 is 28.5 Å². The van der Waals surface area contributed by atoms with Crippen molar-refractivity contribution in [2.75, 3.05) is 11.9 Å². The summed E-state index contributed by atoms with van der Waals surface area (Å²) in [6.07, 6.45) is 3.14. The second-order valence-corrected chi connectivity index (χ2v) is 6.35. The summed E-state index contributed by atoms with van der Waals surface area (Å²) in [5.74, 6) is -1.51. The molecular weight excluding hydrogens is 278 g/mol. The van der Waals surface area contributed by atoms with Crippen LogP contribution < -0.4 is 10.6 Å². The molecule has 3 N–H and O–H groups in total. The molecule has 0 fully saturated rings. The number of nitrogens with one attached hydrogen (secondary N) is 2. The third kappa shape index (κ3) is 3.47. The van der Waals surface area contributed by atoms with Gasteiger partial charge in [0, 0.05) is 11.4 Å². The number of carboxylic acids is 1. The number of carbonyl (C=O) groups is 2. The molecule has 7 heteroatoms. The molecule has 1 aromatic rings. The number of thiazole rings is 1. The van der Waals surface area contributed by atoms with Crippen LogP contribution in [-0.4, -0.2) is 28.6 Å². The van der Waals surface area contributed by atoms with Crippen LogP contribution in [0.25, 0.3) is 0 Å². The van der Waals surface area contributed by atoms with Gasteiger partial charge in [-0.05, 0) is 25.2 Å². The van der Waals surface area contributed by atoms with Crippen LogP contribution in [0.15, 0.2) is 0 Å². The van der Waals surface area contributed by atoms with Crippen molar-refractivity contribution < 1.29 is 14.7 Å². The van der Waals surface area contributed by atoms with Gasteiger partial charge in [0.15, 0.2) is 5.13 Å². The number of amides is 2. The lowest BCUT2D eigenvalue weighted by atomic mass is 9.96. The topological polar surface area (TPSA) is 91.3 Å². The highest BCUT2D eigenvalue weighted by atomic mass is 32.1. The van der Waals surface area contributed by atoms with Crippen molar-refractivity contribution in [3.63, 3.8) is 0 Å². The number of nitrogens with zero attached hydrogens (tertiary/aromatic N) is 1. The first-order valence-electron chi connectivity index (χ1n) is 6.73. The molecule has 1 aliphatic carbocycles. The molecule has 1 aliphatic rings. The monoisotopic (exact) mass is 297 g/mol. The first-order valence-corrected chi connectivity index (χ1v) is 7.55. The second kappa shape index (κ2) is 6.21. The standard InChI is InChI=1S/C13H19N3O3S/c1-7(2)8(11(17)18)6-14-12(19)16-13-15-9-4-3-5-10(9)20-13/h7-8H,3-6H2,1-2H3,(H,17,18)(H2,14,15,16,19). The van der Waals surface area contributed by atoms with Crippen LogP contribution in [0.1, 0.15) is 30.8 Å². The maximum absolute atomic E-state index is 11.7. The molecule has 110 valence electrons. The summed E-state index contributed by atoms with van der Waals surface area (Å²) in [5.41, 5.74) is 1.08. The zero-order valence-corrected chi connectivity index (χ0v) is 12.4. The Morgan fingerprint density at radius 3 is 2.75 bits per heavy atom. The van der Waals surface area contributed by atoms with Gasteiger partial charge < -0.3 is 10.4 Å². The number of hydrogen-bond donors (Lipinski definition) is 3. The molecular formula is C13H19N3O3S. The van der Waals surface area contributed by atoms with Crippen LogP contribution in [0.5, 0.6) is 0 Å². The predicted octanol–water partition coefficient (Wildman–Crippen LogP) is 2.11. The van der Waals surface area contributed by atoms with Gasteiger partial charge in [-0.2, -0.15) is 0 Å². The van der Waals surface area contributed by atoms with Crippen LogP contribution in [0.2, 0.25) is 0 Å². The van der Waals surface area contributed by atoms with Crippen LogP contribution in [0.4, 0.5) is 9.93 Å². The molecule has 0 spiro atoms. The fraction of sp³-hybridized carbons (Fsp3) is 0.615. The van der Waals surface area contributed by atoms with Gasteiger partial charge in [0.05, 0.1) is 11.6 Å². The number of carboxylic acid groups (broad SMARTS) is 1. The molecule has 2 amide bonds. The van der Waals surface area contributed by atoms with E-state index >= 15 is 0 Å². The highest BCUT2D eigenvalue weighted by Gasteiger charge is 2.22. The van der Waals surface area contributed by atoms with Crippen molar-refractivity contribution in [2.45, 2.75) is 33.1 Å². The lowest BCUT2D eigenvalue weighted by Gasteiger charge is -2.16. The van der Waals surface area contributed by atoms with E-state index in [0.29, 0.717) is 5.13 Å². The fourth-order valence-electron chi connectivity index (χ4n) is 2.20. The van der Waals surface area contributed by atoms with E-state index in [1.165, 1.54) is 16.2 Å². The lowest BCUT2D eigenvalue weighted by Crippen LogP contribution is -2.37. The zero-order valence-electron chi connectivity index (χ0n) is 11.6. The van der Waals surface area contributed by atoms with Gasteiger partial charge in [-0.15, -0.1) is 11.3 Å². The number of fused-ring (bicyclic) bond motifs is 1. The molecule has 0 aromatic carbocycles. The first kappa shape index (κ1) is 14.8. The van der Waals surface area contributed by atoms with Crippen molar-refractivity contribution in [3.05, 3.63) is 10.6 Å². The first-order chi connectivity index (χ1) is 9.47. The van der Waals surface area contributed by atoms with E-state index in [1.807, 2.05) is 13.8 Å². The quantitative estimate of drug-likeness (QED) is 0.776. The average Bonchev–Trinajstić information content (AvgIpc) is 2.88. The van der Waals surface area contributed by atoms with E-state index < -0.39 is 17.9 Å². The third-order valence-electron chi connectivity index (χ3n) is 3.42. The van der Waals surface area contributed by atoms with E-state index in [1.54, 1.807) is 0 Å². The van der Waals surface area contributed by atoms with Crippen molar-refractivity contribution in [1.82, 2.24) is 10.3 Å². The fourth-order valence-corrected chi connectivity index (χ4v) is 3.24. The summed E-state index contributed by atoms with van der Waals surface area (Å²) >= 11 is 1.50. The Bertz CT molecular complexity index is 491. The smallest absolute Gasteiger partial charge is 0.321 e. The Morgan fingerprint density at radius 2 is 2.15 bits per heavy atom. The Morgan fingerprint density at radius 1 is 1.40 bits per heavy atom. The molecule has 1 unspecified atom stereocenters. The molecule has 0 bridgehead atoms. The highest BCUT2D eigenvalue weighted by Crippen LogP contribution is 2.30. The Balaban J connectivity index is 1.84. The van der Waals surface area contributed by atoms with Crippen molar-refractivity contribution in [2.24, 2.45) is 11.8 Å². The third-order valence-corrected chi connectivity index (χ3v) is 4.49. The molecule has 1 aromatic heterocycles. The number of carbonyl (C=O) groups excluding carboxylic acids is 1. The molecule has 1 heterocycles. The molecule has 6 nitrogen and oxygen atoms in total. The number of urea groups is 1. The minimum Gasteiger partial charge on any atom is -0.481 e. The summed E-state index contributed by atoms with van der Waals surface area (Å²) < 4.78 is 0. The summed E-state index contributed by atoms with van der Waals surface area (Å²) in [6, 6.07) is -0.399. The van der Waals surface area contributed by atoms with Gasteiger partial charge in [-0.25, -0.2) is 9.78 Å². The van der Waals surface area contributed by atoms with Gasteiger partial charge >= 0.3 is 12.0 Å². The zero-order chi connectivity index (χ0) is 14.7. The van der Waals surface area contributed by atoms with Crippen LogP contribution in [0, 0.1) is 11.8 Å². The van der Waals surface area contributed by atoms with Gasteiger partial charge in [0.1, 0.15) is 0 Å². The van der Waals surface area contributed by atoms with Crippen molar-refractivity contribution in [1.29, 1.82) is 0 Å². The predicted molar refractivity (Wildman–Crippen MR) is 77.1 cm³/mol. The molecule has 2 rings (SSSR count). The largest absolute Gasteiger partial charge is 0.481 e. The number of hydrogen-bond acceptors (Lipinski definition) is 4. The molecule has 0 aliphatic heterocycles. The Hall–Kier alpha value is -1.63. The number of anilines is 1. The minimum absolute atomic E-state index is 0.0311. The second-order valence-electron chi connectivity index (χ2n) is 5.27. The summed E-state index contributed by atoms with van der Waals surface area (Å²) in [6.45, 7) is 3.76. The highest BCUT2D eigenvalue weighted by molar-refractivity contribution is 7.15. The number of aryl methyl sites for hydroxylation is 2. The molecule has 20 heavy (non-hydrogen) atoms.